The fraction of sp³-hybridized carbons (Fsp3) is 0.571. The van der Waals surface area contributed by atoms with Crippen LogP contribution in [0.25, 0.3) is 0 Å². The molecule has 3 aliphatic rings. The number of piperidine rings is 1. The van der Waals surface area contributed by atoms with Crippen molar-refractivity contribution in [3.8, 4) is 11.5 Å². The van der Waals surface area contributed by atoms with Crippen molar-refractivity contribution in [2.45, 2.75) is 44.6 Å². The summed E-state index contributed by atoms with van der Waals surface area (Å²) < 4.78 is 15.6. The van der Waals surface area contributed by atoms with Gasteiger partial charge >= 0.3 is 5.97 Å². The van der Waals surface area contributed by atoms with Crippen LogP contribution in [0.1, 0.15) is 48.9 Å². The summed E-state index contributed by atoms with van der Waals surface area (Å²) in [5.41, 5.74) is 0.356. The third-order valence-electron chi connectivity index (χ3n) is 5.95. The maximum atomic E-state index is 12.6. The minimum atomic E-state index is -0.635. The Morgan fingerprint density at radius 1 is 1.07 bits per heavy atom. The summed E-state index contributed by atoms with van der Waals surface area (Å²) in [6.45, 7) is 0.284. The molecule has 1 aliphatic carbocycles. The van der Waals surface area contributed by atoms with Crippen LogP contribution >= 0.6 is 0 Å². The number of hydrogen-bond donors (Lipinski definition) is 1. The van der Waals surface area contributed by atoms with Gasteiger partial charge in [0.2, 0.25) is 6.79 Å². The molecule has 1 saturated heterocycles. The monoisotopic (exact) mass is 402 g/mol. The van der Waals surface area contributed by atoms with Crippen LogP contribution in [0.3, 0.4) is 0 Å². The van der Waals surface area contributed by atoms with E-state index in [2.05, 4.69) is 5.32 Å². The average molecular weight is 402 g/mol. The first-order valence-corrected chi connectivity index (χ1v) is 10.2. The Morgan fingerprint density at radius 3 is 2.76 bits per heavy atom. The zero-order valence-corrected chi connectivity index (χ0v) is 16.4. The molecule has 4 rings (SSSR count). The van der Waals surface area contributed by atoms with E-state index in [1.807, 2.05) is 4.90 Å². The Balaban J connectivity index is 1.22. The molecule has 0 aromatic heterocycles. The van der Waals surface area contributed by atoms with Gasteiger partial charge < -0.3 is 24.4 Å². The fourth-order valence-corrected chi connectivity index (χ4v) is 4.50. The van der Waals surface area contributed by atoms with E-state index in [-0.39, 0.29) is 31.9 Å². The Bertz CT molecular complexity index is 793. The van der Waals surface area contributed by atoms with Gasteiger partial charge in [-0.25, -0.2) is 0 Å². The lowest BCUT2D eigenvalue weighted by atomic mass is 9.78. The molecule has 2 aliphatic heterocycles. The number of hydrogen-bond acceptors (Lipinski definition) is 6. The van der Waals surface area contributed by atoms with Gasteiger partial charge in [-0.3, -0.25) is 14.4 Å². The topological polar surface area (TPSA) is 94.2 Å². The van der Waals surface area contributed by atoms with E-state index in [0.29, 0.717) is 23.0 Å². The van der Waals surface area contributed by atoms with Crippen LogP contribution in [-0.4, -0.2) is 55.2 Å². The number of ether oxygens (including phenoxy) is 3. The summed E-state index contributed by atoms with van der Waals surface area (Å²) in [4.78, 5) is 38.6. The molecule has 1 N–H and O–H groups in total. The van der Waals surface area contributed by atoms with E-state index < -0.39 is 11.9 Å². The van der Waals surface area contributed by atoms with Gasteiger partial charge in [-0.05, 0) is 49.8 Å². The first-order valence-electron chi connectivity index (χ1n) is 10.2. The summed E-state index contributed by atoms with van der Waals surface area (Å²) in [5.74, 6) is 0.457. The van der Waals surface area contributed by atoms with E-state index in [9.17, 15) is 14.4 Å². The van der Waals surface area contributed by atoms with E-state index in [1.165, 1.54) is 19.3 Å². The predicted octanol–water partition coefficient (Wildman–Crippen LogP) is 1.87. The minimum absolute atomic E-state index is 0.124. The van der Waals surface area contributed by atoms with Crippen LogP contribution in [0.15, 0.2) is 18.2 Å². The molecule has 0 radical (unpaired) electrons. The van der Waals surface area contributed by atoms with E-state index in [4.69, 9.17) is 14.2 Å². The average Bonchev–Trinajstić information content (AvgIpc) is 3.23. The van der Waals surface area contributed by atoms with Gasteiger partial charge in [-0.2, -0.15) is 0 Å². The van der Waals surface area contributed by atoms with Gasteiger partial charge in [0.1, 0.15) is 6.54 Å². The molecule has 1 saturated carbocycles. The maximum Gasteiger partial charge on any atom is 0.325 e. The smallest absolute Gasteiger partial charge is 0.325 e. The lowest BCUT2D eigenvalue weighted by molar-refractivity contribution is -0.154. The van der Waals surface area contributed by atoms with Gasteiger partial charge in [0.15, 0.2) is 18.1 Å². The highest BCUT2D eigenvalue weighted by atomic mass is 16.7. The SMILES string of the molecule is O=C(CNC(=O)c1ccc2c(c1)OCO2)OCC(=O)N1CCC[C@@H]2CCCC[C@@H]21. The van der Waals surface area contributed by atoms with Crippen molar-refractivity contribution in [1.29, 1.82) is 0 Å². The van der Waals surface area contributed by atoms with Crippen LogP contribution in [0.4, 0.5) is 0 Å². The van der Waals surface area contributed by atoms with Crippen molar-refractivity contribution in [2.24, 2.45) is 5.92 Å². The zero-order chi connectivity index (χ0) is 20.2. The molecule has 8 nitrogen and oxygen atoms in total. The maximum absolute atomic E-state index is 12.6. The van der Waals surface area contributed by atoms with Crippen LogP contribution in [0.2, 0.25) is 0 Å². The summed E-state index contributed by atoms with van der Waals surface area (Å²) in [6, 6.07) is 5.08. The Kier molecular flexibility index (Phi) is 5.87. The highest BCUT2D eigenvalue weighted by Gasteiger charge is 2.35. The molecule has 1 aromatic rings. The third kappa shape index (κ3) is 4.46. The first kappa shape index (κ1) is 19.5. The molecule has 2 atom stereocenters. The molecule has 0 spiro atoms. The molecule has 2 amide bonds. The Morgan fingerprint density at radius 2 is 1.86 bits per heavy atom. The molecule has 8 heteroatoms. The number of amides is 2. The zero-order valence-electron chi connectivity index (χ0n) is 16.4. The quantitative estimate of drug-likeness (QED) is 0.756. The predicted molar refractivity (Wildman–Crippen MR) is 103 cm³/mol. The number of nitrogens with one attached hydrogen (secondary N) is 1. The summed E-state index contributed by atoms with van der Waals surface area (Å²) in [5, 5.41) is 2.50. The van der Waals surface area contributed by atoms with Gasteiger partial charge in [-0.1, -0.05) is 12.8 Å². The molecule has 29 heavy (non-hydrogen) atoms. The van der Waals surface area contributed by atoms with Crippen molar-refractivity contribution in [3.63, 3.8) is 0 Å². The standard InChI is InChI=1S/C21H26N2O6/c24-19(23-9-3-5-14-4-1-2-6-16(14)23)12-27-20(25)11-22-21(26)15-7-8-17-18(10-15)29-13-28-17/h7-8,10,14,16H,1-6,9,11-13H2,(H,22,26)/t14-,16-/m0/s1. The van der Waals surface area contributed by atoms with Crippen LogP contribution in [0.5, 0.6) is 11.5 Å². The largest absolute Gasteiger partial charge is 0.454 e. The number of fused-ring (bicyclic) bond motifs is 2. The van der Waals surface area contributed by atoms with Crippen molar-refractivity contribution >= 4 is 17.8 Å². The third-order valence-corrected chi connectivity index (χ3v) is 5.95. The second kappa shape index (κ2) is 8.71. The minimum Gasteiger partial charge on any atom is -0.454 e. The van der Waals surface area contributed by atoms with Crippen molar-refractivity contribution in [1.82, 2.24) is 10.2 Å². The number of benzene rings is 1. The van der Waals surface area contributed by atoms with Gasteiger partial charge in [-0.15, -0.1) is 0 Å². The number of carbonyl (C=O) groups is 3. The Labute approximate surface area is 169 Å². The van der Waals surface area contributed by atoms with E-state index in [1.54, 1.807) is 18.2 Å². The van der Waals surface area contributed by atoms with Crippen LogP contribution in [0, 0.1) is 5.92 Å². The van der Waals surface area contributed by atoms with E-state index >= 15 is 0 Å². The number of carbonyl (C=O) groups excluding carboxylic acids is 3. The molecule has 0 unspecified atom stereocenters. The molecule has 2 heterocycles. The number of rotatable bonds is 5. The highest BCUT2D eigenvalue weighted by Crippen LogP contribution is 2.35. The van der Waals surface area contributed by atoms with Gasteiger partial charge in [0.05, 0.1) is 0 Å². The van der Waals surface area contributed by atoms with E-state index in [0.717, 1.165) is 25.8 Å². The number of esters is 1. The van der Waals surface area contributed by atoms with Crippen molar-refractivity contribution in [2.75, 3.05) is 26.5 Å². The normalized spacial score (nSPS) is 22.6. The lowest BCUT2D eigenvalue weighted by Gasteiger charge is -2.44. The van der Waals surface area contributed by atoms with Gasteiger partial charge in [0, 0.05) is 18.2 Å². The Hall–Kier alpha value is -2.77. The van der Waals surface area contributed by atoms with Crippen LogP contribution < -0.4 is 14.8 Å². The second-order valence-electron chi connectivity index (χ2n) is 7.75. The number of likely N-dealkylation sites (tertiary alicyclic amines) is 1. The summed E-state index contributed by atoms with van der Waals surface area (Å²) in [7, 11) is 0. The molecular weight excluding hydrogens is 376 g/mol. The second-order valence-corrected chi connectivity index (χ2v) is 7.75. The molecule has 2 fully saturated rings. The van der Waals surface area contributed by atoms with Crippen molar-refractivity contribution in [3.05, 3.63) is 23.8 Å². The fourth-order valence-electron chi connectivity index (χ4n) is 4.50. The highest BCUT2D eigenvalue weighted by molar-refractivity contribution is 5.96. The summed E-state index contributed by atoms with van der Waals surface area (Å²) in [6.07, 6.45) is 6.79. The molecule has 0 bridgehead atoms. The summed E-state index contributed by atoms with van der Waals surface area (Å²) >= 11 is 0. The van der Waals surface area contributed by atoms with Crippen LogP contribution in [-0.2, 0) is 14.3 Å². The number of nitrogens with zero attached hydrogens (tertiary/aromatic N) is 1. The molecular formula is C21H26N2O6. The first-order chi connectivity index (χ1) is 14.1. The molecule has 156 valence electrons. The molecule has 1 aromatic carbocycles. The van der Waals surface area contributed by atoms with Gasteiger partial charge in [0.25, 0.3) is 11.8 Å². The lowest BCUT2D eigenvalue weighted by Crippen LogP contribution is -2.51. The van der Waals surface area contributed by atoms with Crippen molar-refractivity contribution < 1.29 is 28.6 Å².